The number of Topliss-reactive ketones (excluding diaryl/α,β-unsaturated/α-hetero) is 1. The minimum Gasteiger partial charge on any atom is -0.497 e. The zero-order valence-corrected chi connectivity index (χ0v) is 32.7. The normalized spacial score (nSPS) is 23.6. The van der Waals surface area contributed by atoms with Crippen molar-refractivity contribution in [1.29, 1.82) is 0 Å². The van der Waals surface area contributed by atoms with Crippen LogP contribution >= 0.6 is 0 Å². The summed E-state index contributed by atoms with van der Waals surface area (Å²) < 4.78 is 44.3. The van der Waals surface area contributed by atoms with Crippen molar-refractivity contribution in [2.75, 3.05) is 20.8 Å². The summed E-state index contributed by atoms with van der Waals surface area (Å²) >= 11 is 0. The van der Waals surface area contributed by atoms with Gasteiger partial charge in [0.05, 0.1) is 37.5 Å². The standard InChI is InChI=1S/C38H51N5O10S/c1-9-23-18-38(23,35(47)42-54(49,50)26-11-12-26)19-29(44)28-17-25(53-32-27-13-10-24(51-7)16-22(27)14-15-39-32)20-43(28)33(45)31(37(4,5)6)41-36(48)40-30(21(2)3)34(46)52-8/h9-10,13-16,21,23,25-26,28,30-31H,1,11-12,17-20H2,2-8H3,(H,42,47)(H2,40,41,48)/t23-,25-,28+,30-,31-,38-/m1/s1. The molecule has 0 bridgehead atoms. The number of ether oxygens (including phenoxy) is 3. The monoisotopic (exact) mass is 769 g/mol. The molecule has 15 nitrogen and oxygen atoms in total. The Bertz CT molecular complexity index is 1920. The van der Waals surface area contributed by atoms with E-state index in [2.05, 4.69) is 26.9 Å². The maximum absolute atomic E-state index is 14.6. The Morgan fingerprint density at radius 2 is 1.80 bits per heavy atom. The van der Waals surface area contributed by atoms with E-state index in [4.69, 9.17) is 14.2 Å². The van der Waals surface area contributed by atoms with Crippen molar-refractivity contribution in [1.82, 2.24) is 25.2 Å². The number of ketones is 1. The van der Waals surface area contributed by atoms with Crippen LogP contribution in [0, 0.1) is 22.7 Å². The number of benzene rings is 1. The van der Waals surface area contributed by atoms with Crippen molar-refractivity contribution in [3.05, 3.63) is 43.1 Å². The molecule has 1 aliphatic heterocycles. The number of methoxy groups -OCH3 is 2. The first kappa shape index (κ1) is 40.5. The van der Waals surface area contributed by atoms with Gasteiger partial charge in [-0.05, 0) is 66.2 Å². The zero-order valence-electron chi connectivity index (χ0n) is 31.8. The summed E-state index contributed by atoms with van der Waals surface area (Å²) in [5.74, 6) is -2.29. The van der Waals surface area contributed by atoms with E-state index in [0.717, 1.165) is 5.39 Å². The van der Waals surface area contributed by atoms with Gasteiger partial charge in [-0.15, -0.1) is 6.58 Å². The molecule has 5 rings (SSSR count). The molecule has 1 saturated heterocycles. The minimum atomic E-state index is -3.89. The van der Waals surface area contributed by atoms with E-state index in [0.29, 0.717) is 24.0 Å². The van der Waals surface area contributed by atoms with Crippen LogP contribution in [-0.2, 0) is 33.9 Å². The number of hydrogen-bond acceptors (Lipinski definition) is 11. The first-order valence-corrected chi connectivity index (χ1v) is 19.7. The number of sulfonamides is 1. The van der Waals surface area contributed by atoms with Crippen molar-refractivity contribution in [3.8, 4) is 11.6 Å². The van der Waals surface area contributed by atoms with Crippen LogP contribution in [0.15, 0.2) is 43.1 Å². The van der Waals surface area contributed by atoms with Gasteiger partial charge in [0.2, 0.25) is 27.7 Å². The Hall–Kier alpha value is -4.73. The molecule has 1 aromatic carbocycles. The van der Waals surface area contributed by atoms with Crippen molar-refractivity contribution in [3.63, 3.8) is 0 Å². The summed E-state index contributed by atoms with van der Waals surface area (Å²) in [5.41, 5.74) is -2.22. The van der Waals surface area contributed by atoms with Gasteiger partial charge in [0.15, 0.2) is 5.78 Å². The fourth-order valence-electron chi connectivity index (χ4n) is 7.00. The van der Waals surface area contributed by atoms with Gasteiger partial charge in [-0.25, -0.2) is 23.0 Å². The quantitative estimate of drug-likeness (QED) is 0.178. The van der Waals surface area contributed by atoms with E-state index in [9.17, 15) is 32.4 Å². The highest BCUT2D eigenvalue weighted by Gasteiger charge is 2.61. The fourth-order valence-corrected chi connectivity index (χ4v) is 8.39. The highest BCUT2D eigenvalue weighted by Crippen LogP contribution is 2.57. The summed E-state index contributed by atoms with van der Waals surface area (Å²) in [5, 5.41) is 6.17. The summed E-state index contributed by atoms with van der Waals surface area (Å²) in [6.45, 7) is 12.5. The van der Waals surface area contributed by atoms with Gasteiger partial charge in [0.25, 0.3) is 0 Å². The molecule has 2 aromatic rings. The first-order chi connectivity index (χ1) is 25.3. The van der Waals surface area contributed by atoms with Crippen LogP contribution in [0.3, 0.4) is 0 Å². The van der Waals surface area contributed by atoms with E-state index in [1.165, 1.54) is 18.1 Å². The lowest BCUT2D eigenvalue weighted by molar-refractivity contribution is -0.144. The second kappa shape index (κ2) is 15.6. The summed E-state index contributed by atoms with van der Waals surface area (Å²) in [6.07, 6.45) is 3.23. The van der Waals surface area contributed by atoms with Crippen molar-refractivity contribution >= 4 is 50.4 Å². The van der Waals surface area contributed by atoms with Crippen LogP contribution in [0.1, 0.15) is 66.7 Å². The Balaban J connectivity index is 1.44. The van der Waals surface area contributed by atoms with Crippen LogP contribution in [0.2, 0.25) is 0 Å². The molecule has 6 atom stereocenters. The molecular weight excluding hydrogens is 719 g/mol. The molecule has 0 spiro atoms. The maximum atomic E-state index is 14.6. The zero-order chi connectivity index (χ0) is 39.7. The highest BCUT2D eigenvalue weighted by molar-refractivity contribution is 7.90. The smallest absolute Gasteiger partial charge is 0.328 e. The molecule has 294 valence electrons. The molecule has 2 saturated carbocycles. The second-order valence-corrected chi connectivity index (χ2v) is 17.8. The molecule has 16 heteroatoms. The molecule has 3 N–H and O–H groups in total. The van der Waals surface area contributed by atoms with Gasteiger partial charge in [-0.1, -0.05) is 40.7 Å². The van der Waals surface area contributed by atoms with Crippen molar-refractivity contribution in [2.45, 2.75) is 96.2 Å². The SMILES string of the molecule is C=C[C@@H]1C[C@]1(CC(=O)[C@@H]1C[C@@H](Oc2nccc3cc(OC)ccc23)CN1C(=O)[C@@H](NC(=O)N[C@@H](C(=O)OC)C(C)C)C(C)(C)C)C(=O)NS(=O)(=O)C1CC1. The number of hydrogen-bond donors (Lipinski definition) is 3. The Morgan fingerprint density at radius 3 is 2.37 bits per heavy atom. The summed E-state index contributed by atoms with van der Waals surface area (Å²) in [4.78, 5) is 74.1. The number of carbonyl (C=O) groups is 5. The number of pyridine rings is 1. The van der Waals surface area contributed by atoms with Gasteiger partial charge < -0.3 is 29.7 Å². The Labute approximate surface area is 316 Å². The second-order valence-electron chi connectivity index (χ2n) is 15.9. The Kier molecular flexibility index (Phi) is 11.7. The first-order valence-electron chi connectivity index (χ1n) is 18.1. The summed E-state index contributed by atoms with van der Waals surface area (Å²) in [6, 6.07) is 3.16. The van der Waals surface area contributed by atoms with Crippen molar-refractivity contribution in [2.24, 2.45) is 22.7 Å². The van der Waals surface area contributed by atoms with Crippen molar-refractivity contribution < 1.29 is 46.6 Å². The molecule has 3 fully saturated rings. The largest absolute Gasteiger partial charge is 0.497 e. The number of aromatic nitrogens is 1. The number of fused-ring (bicyclic) bond motifs is 1. The molecule has 0 unspecified atom stereocenters. The molecule has 54 heavy (non-hydrogen) atoms. The number of carbonyl (C=O) groups excluding carboxylic acids is 5. The van der Waals surface area contributed by atoms with E-state index in [1.54, 1.807) is 66.1 Å². The van der Waals surface area contributed by atoms with Gasteiger partial charge in [0, 0.05) is 24.4 Å². The van der Waals surface area contributed by atoms with Crippen LogP contribution in [0.4, 0.5) is 4.79 Å². The van der Waals surface area contributed by atoms with Crippen LogP contribution < -0.4 is 24.8 Å². The molecule has 0 radical (unpaired) electrons. The van der Waals surface area contributed by atoms with Crippen LogP contribution in [0.25, 0.3) is 10.8 Å². The fraction of sp³-hybridized carbons (Fsp3) is 0.579. The van der Waals surface area contributed by atoms with Gasteiger partial charge >= 0.3 is 12.0 Å². The average molecular weight is 770 g/mol. The molecule has 2 heterocycles. The predicted molar refractivity (Wildman–Crippen MR) is 199 cm³/mol. The third-order valence-corrected chi connectivity index (χ3v) is 12.3. The topological polar surface area (TPSA) is 199 Å². The Morgan fingerprint density at radius 1 is 1.09 bits per heavy atom. The van der Waals surface area contributed by atoms with E-state index in [1.807, 2.05) is 6.07 Å². The number of amides is 4. The maximum Gasteiger partial charge on any atom is 0.328 e. The number of allylic oxidation sites excluding steroid dienone is 1. The lowest BCUT2D eigenvalue weighted by Gasteiger charge is -2.36. The third-order valence-electron chi connectivity index (χ3n) is 10.5. The average Bonchev–Trinajstić information content (AvgIpc) is 4.05. The van der Waals surface area contributed by atoms with Gasteiger partial charge in [-0.2, -0.15) is 0 Å². The van der Waals surface area contributed by atoms with E-state index in [-0.39, 0.29) is 37.6 Å². The van der Waals surface area contributed by atoms with Crippen LogP contribution in [0.5, 0.6) is 11.6 Å². The summed E-state index contributed by atoms with van der Waals surface area (Å²) in [7, 11) is -1.11. The molecule has 4 amide bonds. The molecule has 1 aromatic heterocycles. The lowest BCUT2D eigenvalue weighted by atomic mass is 9.85. The number of esters is 1. The molecule has 3 aliphatic rings. The number of nitrogens with one attached hydrogen (secondary N) is 3. The predicted octanol–water partition coefficient (Wildman–Crippen LogP) is 3.26. The van der Waals surface area contributed by atoms with E-state index < -0.39 is 85.8 Å². The van der Waals surface area contributed by atoms with Crippen LogP contribution in [-0.4, -0.2) is 98.1 Å². The van der Waals surface area contributed by atoms with Gasteiger partial charge in [-0.3, -0.25) is 19.1 Å². The number of nitrogens with zero attached hydrogens (tertiary/aromatic N) is 2. The molecular formula is C38H51N5O10S. The number of rotatable bonds is 15. The number of urea groups is 1. The molecule has 2 aliphatic carbocycles. The minimum absolute atomic E-state index is 0.0381. The van der Waals surface area contributed by atoms with Gasteiger partial charge in [0.1, 0.15) is 23.9 Å². The number of likely N-dealkylation sites (tertiary alicyclic amines) is 1. The van der Waals surface area contributed by atoms with E-state index >= 15 is 0 Å². The third kappa shape index (κ3) is 8.63. The lowest BCUT2D eigenvalue weighted by Crippen LogP contribution is -2.60. The highest BCUT2D eigenvalue weighted by atomic mass is 32.2.